The van der Waals surface area contributed by atoms with E-state index in [0.717, 1.165) is 44.1 Å². The number of hydrogen-bond acceptors (Lipinski definition) is 6. The molecule has 2 heterocycles. The number of esters is 1. The lowest BCUT2D eigenvalue weighted by Crippen LogP contribution is -2.47. The lowest BCUT2D eigenvalue weighted by Gasteiger charge is -2.42. The summed E-state index contributed by atoms with van der Waals surface area (Å²) in [6, 6.07) is 16.4. The van der Waals surface area contributed by atoms with Gasteiger partial charge in [0.2, 0.25) is 0 Å². The summed E-state index contributed by atoms with van der Waals surface area (Å²) in [5.41, 5.74) is 4.28. The smallest absolute Gasteiger partial charge is 0.311 e. The molecular formula is C29H32IN3O4. The van der Waals surface area contributed by atoms with Crippen molar-refractivity contribution in [1.82, 2.24) is 9.88 Å². The number of aromatic amines is 1. The number of nitrogens with zero attached hydrogens (tertiary/aromatic N) is 2. The van der Waals surface area contributed by atoms with Crippen molar-refractivity contribution < 1.29 is 19.4 Å². The van der Waals surface area contributed by atoms with E-state index in [0.29, 0.717) is 32.5 Å². The van der Waals surface area contributed by atoms with Crippen LogP contribution in [-0.4, -0.2) is 47.3 Å². The Bertz CT molecular complexity index is 1300. The van der Waals surface area contributed by atoms with Crippen molar-refractivity contribution in [2.45, 2.75) is 44.5 Å². The van der Waals surface area contributed by atoms with Crippen LogP contribution < -0.4 is 0 Å². The number of nitrogens with one attached hydrogen (secondary N) is 1. The number of aliphatic hydroxyl groups is 1. The molecule has 5 rings (SSSR count). The van der Waals surface area contributed by atoms with Gasteiger partial charge >= 0.3 is 5.97 Å². The van der Waals surface area contributed by atoms with Gasteiger partial charge in [-0.05, 0) is 83.4 Å². The van der Waals surface area contributed by atoms with Crippen LogP contribution in [0.1, 0.15) is 42.2 Å². The number of para-hydroxylation sites is 1. The molecule has 0 unspecified atom stereocenters. The maximum absolute atomic E-state index is 12.9. The Labute approximate surface area is 230 Å². The zero-order chi connectivity index (χ0) is 25.9. The van der Waals surface area contributed by atoms with Gasteiger partial charge in [0.25, 0.3) is 0 Å². The molecule has 7 nitrogen and oxygen atoms in total. The van der Waals surface area contributed by atoms with Crippen molar-refractivity contribution in [3.8, 4) is 6.19 Å². The average Bonchev–Trinajstić information content (AvgIpc) is 3.28. The number of aromatic nitrogens is 1. The summed E-state index contributed by atoms with van der Waals surface area (Å²) in [5, 5.41) is 22.0. The maximum Gasteiger partial charge on any atom is 0.311 e. The Kier molecular flexibility index (Phi) is 8.03. The lowest BCUT2D eigenvalue weighted by molar-refractivity contribution is -0.158. The van der Waals surface area contributed by atoms with Crippen molar-refractivity contribution in [2.75, 3.05) is 20.2 Å². The van der Waals surface area contributed by atoms with Gasteiger partial charge in [-0.1, -0.05) is 36.4 Å². The first-order valence-corrected chi connectivity index (χ1v) is 13.9. The van der Waals surface area contributed by atoms with Gasteiger partial charge in [-0.25, -0.2) is 0 Å². The standard InChI is InChI=1S/C29H32IN3O4/c1-36-29(35)27-22-14-26(37-16-19-6-2-4-8-23(19)30)28-21(20-7-3-5-9-24(20)32-28)12-13-33(17-31)15-18(22)10-11-25(27)34/h2-9,18,22,25-27,32,34H,10-16H2,1H3/t18-,22-,25-,26-,27+/m0/s1. The SMILES string of the molecule is COC(=O)[C@@H]1[C@H]2C[C@H](OCc3ccccc3I)c3[nH]c4ccccc4c3CCN(C#N)C[C@@H]2CC[C@@H]1O. The summed E-state index contributed by atoms with van der Waals surface area (Å²) in [6.07, 6.45) is 3.82. The number of hydrogen-bond donors (Lipinski definition) is 2. The molecule has 1 aliphatic carbocycles. The monoisotopic (exact) mass is 613 g/mol. The molecule has 0 amide bonds. The van der Waals surface area contributed by atoms with Crippen molar-refractivity contribution in [2.24, 2.45) is 17.8 Å². The third kappa shape index (κ3) is 5.35. The van der Waals surface area contributed by atoms with E-state index in [4.69, 9.17) is 9.47 Å². The molecule has 1 aromatic heterocycles. The number of halogens is 1. The number of nitriles is 1. The zero-order valence-corrected chi connectivity index (χ0v) is 23.1. The molecule has 37 heavy (non-hydrogen) atoms. The molecule has 5 atom stereocenters. The summed E-state index contributed by atoms with van der Waals surface area (Å²) in [6.45, 7) is 1.58. The number of fused-ring (bicyclic) bond motifs is 4. The van der Waals surface area contributed by atoms with Gasteiger partial charge in [0, 0.05) is 33.3 Å². The van der Waals surface area contributed by atoms with E-state index in [1.54, 1.807) is 0 Å². The molecule has 0 bridgehead atoms. The lowest BCUT2D eigenvalue weighted by atomic mass is 9.67. The van der Waals surface area contributed by atoms with Crippen LogP contribution >= 0.6 is 22.6 Å². The van der Waals surface area contributed by atoms with Gasteiger partial charge < -0.3 is 24.5 Å². The number of benzene rings is 2. The van der Waals surface area contributed by atoms with Crippen LogP contribution in [-0.2, 0) is 27.3 Å². The minimum atomic E-state index is -0.773. The summed E-state index contributed by atoms with van der Waals surface area (Å²) in [5.74, 6) is -1.17. The van der Waals surface area contributed by atoms with Crippen LogP contribution in [0, 0.1) is 32.8 Å². The molecule has 2 N–H and O–H groups in total. The highest BCUT2D eigenvalue weighted by molar-refractivity contribution is 14.1. The summed E-state index contributed by atoms with van der Waals surface area (Å²) >= 11 is 2.33. The van der Waals surface area contributed by atoms with E-state index in [2.05, 4.69) is 58.0 Å². The van der Waals surface area contributed by atoms with Crippen molar-refractivity contribution >= 4 is 39.5 Å². The van der Waals surface area contributed by atoms with E-state index in [1.807, 2.05) is 29.2 Å². The minimum Gasteiger partial charge on any atom is -0.469 e. The Morgan fingerprint density at radius 3 is 2.78 bits per heavy atom. The molecule has 1 aliphatic heterocycles. The van der Waals surface area contributed by atoms with Crippen LogP contribution in [0.5, 0.6) is 0 Å². The van der Waals surface area contributed by atoms with Crippen LogP contribution in [0.2, 0.25) is 0 Å². The Balaban J connectivity index is 1.59. The summed E-state index contributed by atoms with van der Waals surface area (Å²) < 4.78 is 13.0. The number of carbonyl (C=O) groups excluding carboxylic acids is 1. The topological polar surface area (TPSA) is 98.6 Å². The molecule has 2 aromatic carbocycles. The largest absolute Gasteiger partial charge is 0.469 e. The Morgan fingerprint density at radius 2 is 2.00 bits per heavy atom. The first kappa shape index (κ1) is 26.0. The molecule has 8 heteroatoms. The molecular weight excluding hydrogens is 581 g/mol. The molecule has 2 aliphatic rings. The fourth-order valence-electron chi connectivity index (χ4n) is 6.19. The first-order chi connectivity index (χ1) is 18.0. The van der Waals surface area contributed by atoms with Gasteiger partial charge in [-0.15, -0.1) is 0 Å². The average molecular weight is 613 g/mol. The number of carbonyl (C=O) groups is 1. The van der Waals surface area contributed by atoms with E-state index in [9.17, 15) is 15.2 Å². The maximum atomic E-state index is 12.9. The van der Waals surface area contributed by atoms with Gasteiger partial charge in [-0.3, -0.25) is 4.79 Å². The number of methoxy groups -OCH3 is 1. The molecule has 0 saturated heterocycles. The van der Waals surface area contributed by atoms with Gasteiger partial charge in [-0.2, -0.15) is 5.26 Å². The predicted octanol–water partition coefficient (Wildman–Crippen LogP) is 4.94. The molecule has 0 radical (unpaired) electrons. The number of rotatable bonds is 4. The Morgan fingerprint density at radius 1 is 1.22 bits per heavy atom. The minimum absolute atomic E-state index is 0.0704. The zero-order valence-electron chi connectivity index (χ0n) is 20.9. The first-order valence-electron chi connectivity index (χ1n) is 12.8. The van der Waals surface area contributed by atoms with E-state index in [-0.39, 0.29) is 17.9 Å². The molecule has 1 saturated carbocycles. The van der Waals surface area contributed by atoms with Gasteiger partial charge in [0.15, 0.2) is 6.19 Å². The third-order valence-corrected chi connectivity index (χ3v) is 9.12. The van der Waals surface area contributed by atoms with Crippen LogP contribution in [0.3, 0.4) is 0 Å². The van der Waals surface area contributed by atoms with E-state index < -0.39 is 18.0 Å². The van der Waals surface area contributed by atoms with Crippen LogP contribution in [0.15, 0.2) is 48.5 Å². The number of ether oxygens (including phenoxy) is 2. The van der Waals surface area contributed by atoms with Crippen molar-refractivity contribution in [3.05, 3.63) is 68.9 Å². The second-order valence-corrected chi connectivity index (χ2v) is 11.3. The fraction of sp³-hybridized carbons (Fsp3) is 0.448. The van der Waals surface area contributed by atoms with Crippen molar-refractivity contribution in [3.63, 3.8) is 0 Å². The quantitative estimate of drug-likeness (QED) is 0.246. The third-order valence-electron chi connectivity index (χ3n) is 8.07. The van der Waals surface area contributed by atoms with Crippen LogP contribution in [0.25, 0.3) is 10.9 Å². The molecule has 1 fully saturated rings. The van der Waals surface area contributed by atoms with Gasteiger partial charge in [0.05, 0.1) is 31.8 Å². The second-order valence-electron chi connectivity index (χ2n) is 10.1. The van der Waals surface area contributed by atoms with E-state index >= 15 is 0 Å². The number of aliphatic hydroxyl groups excluding tert-OH is 1. The molecule has 0 spiro atoms. The van der Waals surface area contributed by atoms with Crippen LogP contribution in [0.4, 0.5) is 0 Å². The molecule has 3 aromatic rings. The highest BCUT2D eigenvalue weighted by Crippen LogP contribution is 2.44. The highest BCUT2D eigenvalue weighted by atomic mass is 127. The highest BCUT2D eigenvalue weighted by Gasteiger charge is 2.46. The number of H-pyrrole nitrogens is 1. The predicted molar refractivity (Wildman–Crippen MR) is 148 cm³/mol. The summed E-state index contributed by atoms with van der Waals surface area (Å²) in [4.78, 5) is 18.4. The van der Waals surface area contributed by atoms with Crippen molar-refractivity contribution in [1.29, 1.82) is 5.26 Å². The molecule has 194 valence electrons. The van der Waals surface area contributed by atoms with Gasteiger partial charge in [0.1, 0.15) is 0 Å². The fourth-order valence-corrected chi connectivity index (χ4v) is 6.73. The summed E-state index contributed by atoms with van der Waals surface area (Å²) in [7, 11) is 1.38. The second kappa shape index (κ2) is 11.4. The Hall–Kier alpha value is -2.61. The normalized spacial score (nSPS) is 26.1. The van der Waals surface area contributed by atoms with E-state index in [1.165, 1.54) is 7.11 Å².